The van der Waals surface area contributed by atoms with E-state index in [1.807, 2.05) is 0 Å². The van der Waals surface area contributed by atoms with Crippen LogP contribution in [-0.4, -0.2) is 16.0 Å². The predicted molar refractivity (Wildman–Crippen MR) is 54.1 cm³/mol. The van der Waals surface area contributed by atoms with Crippen molar-refractivity contribution in [2.24, 2.45) is 0 Å². The van der Waals surface area contributed by atoms with Gasteiger partial charge in [0.05, 0.1) is 4.92 Å². The maximum Gasteiger partial charge on any atom is 0.342 e. The molecule has 1 N–H and O–H groups in total. The Morgan fingerprint density at radius 1 is 1.62 bits per heavy atom. The van der Waals surface area contributed by atoms with Crippen molar-refractivity contribution in [1.82, 2.24) is 0 Å². The zero-order valence-corrected chi connectivity index (χ0v) is 8.43. The van der Waals surface area contributed by atoms with E-state index in [4.69, 9.17) is 10.4 Å². The number of nitriles is 1. The summed E-state index contributed by atoms with van der Waals surface area (Å²) in [5, 5.41) is 28.4. The number of aromatic carboxylic acids is 1. The monoisotopic (exact) mass is 220 g/mol. The van der Waals surface area contributed by atoms with Crippen LogP contribution >= 0.6 is 0 Å². The van der Waals surface area contributed by atoms with Gasteiger partial charge in [0.1, 0.15) is 17.2 Å². The highest BCUT2D eigenvalue weighted by Crippen LogP contribution is 2.26. The number of benzene rings is 1. The molecule has 0 amide bonds. The maximum atomic E-state index is 10.8. The topological polar surface area (TPSA) is 104 Å². The zero-order valence-electron chi connectivity index (χ0n) is 8.43. The smallest absolute Gasteiger partial charge is 0.342 e. The number of aryl methyl sites for hydroxylation is 1. The van der Waals surface area contributed by atoms with Gasteiger partial charge in [0.15, 0.2) is 0 Å². The van der Waals surface area contributed by atoms with Gasteiger partial charge in [-0.25, -0.2) is 4.79 Å². The van der Waals surface area contributed by atoms with E-state index in [-0.39, 0.29) is 5.56 Å². The molecule has 1 aromatic rings. The van der Waals surface area contributed by atoms with Crippen LogP contribution in [0.25, 0.3) is 0 Å². The molecule has 0 spiro atoms. The van der Waals surface area contributed by atoms with Gasteiger partial charge in [-0.05, 0) is 18.1 Å². The Morgan fingerprint density at radius 3 is 2.62 bits per heavy atom. The van der Waals surface area contributed by atoms with E-state index in [1.54, 1.807) is 13.0 Å². The van der Waals surface area contributed by atoms with Gasteiger partial charge >= 0.3 is 11.7 Å². The van der Waals surface area contributed by atoms with E-state index in [0.29, 0.717) is 12.0 Å². The largest absolute Gasteiger partial charge is 0.477 e. The van der Waals surface area contributed by atoms with E-state index in [1.165, 1.54) is 6.07 Å². The summed E-state index contributed by atoms with van der Waals surface area (Å²) < 4.78 is 0. The molecule has 0 fully saturated rings. The highest BCUT2D eigenvalue weighted by molar-refractivity contribution is 5.93. The summed E-state index contributed by atoms with van der Waals surface area (Å²) in [7, 11) is 0. The van der Waals surface area contributed by atoms with Gasteiger partial charge in [0.25, 0.3) is 0 Å². The third-order valence-corrected chi connectivity index (χ3v) is 2.17. The highest BCUT2D eigenvalue weighted by Gasteiger charge is 2.26. The van der Waals surface area contributed by atoms with Crippen molar-refractivity contribution in [3.8, 4) is 6.07 Å². The van der Waals surface area contributed by atoms with Crippen molar-refractivity contribution < 1.29 is 14.8 Å². The number of nitrogens with zero attached hydrogens (tertiary/aromatic N) is 2. The minimum absolute atomic E-state index is 0.174. The molecular weight excluding hydrogens is 212 g/mol. The summed E-state index contributed by atoms with van der Waals surface area (Å²) in [5.74, 6) is -1.41. The summed E-state index contributed by atoms with van der Waals surface area (Å²) in [6, 6.07) is 4.27. The molecule has 0 unspecified atom stereocenters. The lowest BCUT2D eigenvalue weighted by atomic mass is 10.00. The Kier molecular flexibility index (Phi) is 3.20. The number of rotatable bonds is 3. The van der Waals surface area contributed by atoms with E-state index in [2.05, 4.69) is 0 Å². The van der Waals surface area contributed by atoms with Crippen LogP contribution in [0.2, 0.25) is 0 Å². The molecule has 82 valence electrons. The normalized spacial score (nSPS) is 9.50. The van der Waals surface area contributed by atoms with Gasteiger partial charge in [-0.2, -0.15) is 5.26 Å². The summed E-state index contributed by atoms with van der Waals surface area (Å²) in [4.78, 5) is 20.7. The lowest BCUT2D eigenvalue weighted by Crippen LogP contribution is -2.06. The molecule has 0 aliphatic carbocycles. The first kappa shape index (κ1) is 11.7. The maximum absolute atomic E-state index is 10.8. The fraction of sp³-hybridized carbons (Fsp3) is 0.200. The number of nitro benzene ring substituents is 1. The molecule has 6 heteroatoms. The molecule has 6 nitrogen and oxygen atoms in total. The van der Waals surface area contributed by atoms with Crippen LogP contribution in [0.3, 0.4) is 0 Å². The molecule has 1 rings (SSSR count). The molecule has 0 saturated carbocycles. The molecule has 0 aromatic heterocycles. The predicted octanol–water partition coefficient (Wildman–Crippen LogP) is 1.73. The molecule has 0 saturated heterocycles. The first-order valence-corrected chi connectivity index (χ1v) is 4.46. The SMILES string of the molecule is CCc1ccc(C(=O)O)c([N+](=O)[O-])c1C#N. The van der Waals surface area contributed by atoms with Crippen molar-refractivity contribution in [3.05, 3.63) is 38.9 Å². The summed E-state index contributed by atoms with van der Waals surface area (Å²) in [6.07, 6.45) is 0.434. The molecule has 0 radical (unpaired) electrons. The van der Waals surface area contributed by atoms with E-state index >= 15 is 0 Å². The summed E-state index contributed by atoms with van der Waals surface area (Å²) >= 11 is 0. The minimum Gasteiger partial charge on any atom is -0.477 e. The third kappa shape index (κ3) is 1.83. The van der Waals surface area contributed by atoms with Crippen molar-refractivity contribution in [1.29, 1.82) is 5.26 Å². The molecule has 0 aliphatic rings. The summed E-state index contributed by atoms with van der Waals surface area (Å²) in [5.41, 5.74) is -0.792. The average molecular weight is 220 g/mol. The number of nitro groups is 1. The Labute approximate surface area is 90.9 Å². The summed E-state index contributed by atoms with van der Waals surface area (Å²) in [6.45, 7) is 1.74. The number of hydrogen-bond donors (Lipinski definition) is 1. The molecule has 0 heterocycles. The highest BCUT2D eigenvalue weighted by atomic mass is 16.6. The Hall–Kier alpha value is -2.42. The number of carbonyl (C=O) groups is 1. The van der Waals surface area contributed by atoms with E-state index < -0.39 is 22.1 Å². The zero-order chi connectivity index (χ0) is 12.3. The number of carboxylic acids is 1. The van der Waals surface area contributed by atoms with E-state index in [9.17, 15) is 14.9 Å². The van der Waals surface area contributed by atoms with Crippen LogP contribution in [0.1, 0.15) is 28.4 Å². The third-order valence-electron chi connectivity index (χ3n) is 2.17. The second kappa shape index (κ2) is 4.40. The molecule has 16 heavy (non-hydrogen) atoms. The molecule has 0 aliphatic heterocycles. The first-order valence-electron chi connectivity index (χ1n) is 4.46. The van der Waals surface area contributed by atoms with Gasteiger partial charge in [0.2, 0.25) is 0 Å². The van der Waals surface area contributed by atoms with Gasteiger partial charge in [-0.3, -0.25) is 10.1 Å². The fourth-order valence-electron chi connectivity index (χ4n) is 1.41. The van der Waals surface area contributed by atoms with Crippen LogP contribution in [0.15, 0.2) is 12.1 Å². The van der Waals surface area contributed by atoms with Gasteiger partial charge in [0, 0.05) is 0 Å². The molecular formula is C10H8N2O4. The Bertz CT molecular complexity index is 502. The molecule has 0 bridgehead atoms. The second-order valence-corrected chi connectivity index (χ2v) is 3.02. The lowest BCUT2D eigenvalue weighted by Gasteiger charge is -2.04. The van der Waals surface area contributed by atoms with Crippen LogP contribution in [0.4, 0.5) is 5.69 Å². The van der Waals surface area contributed by atoms with Crippen molar-refractivity contribution in [2.75, 3.05) is 0 Å². The van der Waals surface area contributed by atoms with Crippen LogP contribution < -0.4 is 0 Å². The molecule has 0 atom stereocenters. The van der Waals surface area contributed by atoms with Gasteiger partial charge < -0.3 is 5.11 Å². The minimum atomic E-state index is -1.41. The standard InChI is InChI=1S/C10H8N2O4/c1-2-6-3-4-7(10(13)14)9(12(15)16)8(6)5-11/h3-4H,2H2,1H3,(H,13,14). The first-order chi connectivity index (χ1) is 7.52. The van der Waals surface area contributed by atoms with Crippen LogP contribution in [-0.2, 0) is 6.42 Å². The van der Waals surface area contributed by atoms with Gasteiger partial charge in [-0.15, -0.1) is 0 Å². The Balaban J connectivity index is 3.65. The fourth-order valence-corrected chi connectivity index (χ4v) is 1.41. The van der Waals surface area contributed by atoms with Crippen molar-refractivity contribution >= 4 is 11.7 Å². The van der Waals surface area contributed by atoms with E-state index in [0.717, 1.165) is 6.07 Å². The Morgan fingerprint density at radius 2 is 2.25 bits per heavy atom. The van der Waals surface area contributed by atoms with Crippen LogP contribution in [0.5, 0.6) is 0 Å². The lowest BCUT2D eigenvalue weighted by molar-refractivity contribution is -0.385. The average Bonchev–Trinajstić information content (AvgIpc) is 2.26. The second-order valence-electron chi connectivity index (χ2n) is 3.02. The van der Waals surface area contributed by atoms with Gasteiger partial charge in [-0.1, -0.05) is 13.0 Å². The number of carboxylic acid groups (broad SMARTS) is 1. The van der Waals surface area contributed by atoms with Crippen molar-refractivity contribution in [3.63, 3.8) is 0 Å². The quantitative estimate of drug-likeness (QED) is 0.616. The number of hydrogen-bond acceptors (Lipinski definition) is 4. The van der Waals surface area contributed by atoms with Crippen molar-refractivity contribution in [2.45, 2.75) is 13.3 Å². The molecule has 1 aromatic carbocycles. The van der Waals surface area contributed by atoms with Crippen LogP contribution in [0, 0.1) is 21.4 Å².